The molecule has 0 unspecified atom stereocenters. The Balaban J connectivity index is 1.40. The number of nitrogens with zero attached hydrogens (tertiary/aromatic N) is 1. The van der Waals surface area contributed by atoms with Crippen LogP contribution in [-0.4, -0.2) is 44.8 Å². The minimum absolute atomic E-state index is 0.127. The van der Waals surface area contributed by atoms with E-state index in [1.807, 2.05) is 30.3 Å². The molecule has 186 valence electrons. The second kappa shape index (κ2) is 10.2. The molecule has 0 fully saturated rings. The number of fused-ring (bicyclic) bond motifs is 2. The molecule has 3 heterocycles. The number of aryl methyl sites for hydroxylation is 1. The Labute approximate surface area is 207 Å². The van der Waals surface area contributed by atoms with E-state index in [9.17, 15) is 14.7 Å². The smallest absolute Gasteiger partial charge is 0.326 e. The van der Waals surface area contributed by atoms with Crippen LogP contribution in [0.2, 0.25) is 0 Å². The lowest BCUT2D eigenvalue weighted by molar-refractivity contribution is -0.142. The number of rotatable bonds is 10. The van der Waals surface area contributed by atoms with E-state index < -0.39 is 17.9 Å². The molecule has 0 aliphatic carbocycles. The largest absolute Gasteiger partial charge is 0.480 e. The highest BCUT2D eigenvalue weighted by Gasteiger charge is 2.29. The number of carbonyl (C=O) groups excluding carboxylic acids is 1. The molecule has 0 spiro atoms. The number of carboxylic acid groups (broad SMARTS) is 1. The zero-order chi connectivity index (χ0) is 25.1. The first-order chi connectivity index (χ1) is 17.5. The van der Waals surface area contributed by atoms with Gasteiger partial charge in [-0.25, -0.2) is 9.78 Å². The molecule has 36 heavy (non-hydrogen) atoms. The van der Waals surface area contributed by atoms with Crippen LogP contribution in [0.15, 0.2) is 54.9 Å². The van der Waals surface area contributed by atoms with Gasteiger partial charge < -0.3 is 29.9 Å². The third kappa shape index (κ3) is 4.91. The molecule has 1 aliphatic rings. The topological polar surface area (TPSA) is 129 Å². The van der Waals surface area contributed by atoms with Crippen LogP contribution in [0.25, 0.3) is 10.9 Å². The van der Waals surface area contributed by atoms with Gasteiger partial charge in [-0.3, -0.25) is 4.79 Å². The predicted molar refractivity (Wildman–Crippen MR) is 133 cm³/mol. The highest BCUT2D eigenvalue weighted by atomic mass is 16.7. The molecule has 0 saturated carbocycles. The molecule has 4 N–H and O–H groups in total. The first kappa shape index (κ1) is 23.5. The molecule has 9 heteroatoms. The fraction of sp³-hybridized carbons (Fsp3) is 0.296. The fourth-order valence-electron chi connectivity index (χ4n) is 4.58. The van der Waals surface area contributed by atoms with Gasteiger partial charge >= 0.3 is 5.97 Å². The standard InChI is InChI=1S/C27H28N4O5/c1-2-5-25-29-14-18(30-25)12-20(16-8-9-23-24(11-16)36-15-35-23)26(32)31-22(27(33)34)10-17-13-28-21-7-4-3-6-19(17)21/h3-4,6-9,11,13-14,20,22,28H,2,5,10,12,15H2,1H3,(H,29,30)(H,31,32)(H,33,34)/t20-,22-/m0/s1. The van der Waals surface area contributed by atoms with E-state index in [1.54, 1.807) is 24.5 Å². The van der Waals surface area contributed by atoms with E-state index >= 15 is 0 Å². The number of carbonyl (C=O) groups is 2. The number of aromatic amines is 2. The summed E-state index contributed by atoms with van der Waals surface area (Å²) >= 11 is 0. The Morgan fingerprint density at radius 1 is 1.14 bits per heavy atom. The van der Waals surface area contributed by atoms with Crippen LogP contribution in [-0.2, 0) is 28.9 Å². The van der Waals surface area contributed by atoms with Crippen molar-refractivity contribution in [2.75, 3.05) is 6.79 Å². The van der Waals surface area contributed by atoms with Crippen molar-refractivity contribution in [2.45, 2.75) is 44.6 Å². The van der Waals surface area contributed by atoms with Crippen LogP contribution < -0.4 is 14.8 Å². The maximum absolute atomic E-state index is 13.6. The summed E-state index contributed by atoms with van der Waals surface area (Å²) in [5.41, 5.74) is 3.26. The number of amides is 1. The van der Waals surface area contributed by atoms with Crippen LogP contribution >= 0.6 is 0 Å². The van der Waals surface area contributed by atoms with Crippen molar-refractivity contribution in [1.29, 1.82) is 0 Å². The van der Waals surface area contributed by atoms with Crippen molar-refractivity contribution >= 4 is 22.8 Å². The summed E-state index contributed by atoms with van der Waals surface area (Å²) in [7, 11) is 0. The summed E-state index contributed by atoms with van der Waals surface area (Å²) in [6, 6.07) is 12.0. The lowest BCUT2D eigenvalue weighted by Gasteiger charge is -2.21. The van der Waals surface area contributed by atoms with Gasteiger partial charge in [0, 0.05) is 48.3 Å². The second-order valence-corrected chi connectivity index (χ2v) is 8.94. The average molecular weight is 489 g/mol. The number of para-hydroxylation sites is 1. The second-order valence-electron chi connectivity index (χ2n) is 8.94. The van der Waals surface area contributed by atoms with Gasteiger partial charge in [0.25, 0.3) is 0 Å². The lowest BCUT2D eigenvalue weighted by atomic mass is 9.92. The average Bonchev–Trinajstić information content (AvgIpc) is 3.62. The summed E-state index contributed by atoms with van der Waals surface area (Å²) in [6.45, 7) is 2.20. The van der Waals surface area contributed by atoms with Crippen LogP contribution in [0.1, 0.15) is 41.9 Å². The monoisotopic (exact) mass is 488 g/mol. The van der Waals surface area contributed by atoms with Crippen LogP contribution in [0.3, 0.4) is 0 Å². The van der Waals surface area contributed by atoms with E-state index in [-0.39, 0.29) is 19.1 Å². The number of aliphatic carboxylic acids is 1. The quantitative estimate of drug-likeness (QED) is 0.269. The van der Waals surface area contributed by atoms with E-state index in [0.717, 1.165) is 40.8 Å². The highest BCUT2D eigenvalue weighted by Crippen LogP contribution is 2.35. The molecule has 1 aliphatic heterocycles. The predicted octanol–water partition coefficient (Wildman–Crippen LogP) is 3.71. The number of carboxylic acids is 1. The molecular formula is C27H28N4O5. The zero-order valence-electron chi connectivity index (χ0n) is 19.9. The van der Waals surface area contributed by atoms with Crippen molar-refractivity contribution in [3.8, 4) is 11.5 Å². The van der Waals surface area contributed by atoms with Crippen molar-refractivity contribution < 1.29 is 24.2 Å². The van der Waals surface area contributed by atoms with Gasteiger partial charge in [-0.15, -0.1) is 0 Å². The lowest BCUT2D eigenvalue weighted by Crippen LogP contribution is -2.44. The maximum atomic E-state index is 13.6. The summed E-state index contributed by atoms with van der Waals surface area (Å²) in [5, 5.41) is 13.7. The van der Waals surface area contributed by atoms with E-state index in [1.165, 1.54) is 0 Å². The fourth-order valence-corrected chi connectivity index (χ4v) is 4.58. The number of ether oxygens (including phenoxy) is 2. The summed E-state index contributed by atoms with van der Waals surface area (Å²) in [4.78, 5) is 36.6. The normalized spacial score (nSPS) is 14.0. The zero-order valence-corrected chi connectivity index (χ0v) is 19.9. The number of hydrogen-bond acceptors (Lipinski definition) is 5. The minimum Gasteiger partial charge on any atom is -0.480 e. The SMILES string of the molecule is CCCc1ncc(C[C@H](C(=O)N[C@@H](Cc2c[nH]c3ccccc23)C(=O)O)c2ccc3c(c2)OCO3)[nH]1. The van der Waals surface area contributed by atoms with Crippen molar-refractivity contribution in [2.24, 2.45) is 0 Å². The van der Waals surface area contributed by atoms with E-state index in [4.69, 9.17) is 9.47 Å². The van der Waals surface area contributed by atoms with Crippen LogP contribution in [0, 0.1) is 0 Å². The number of H-pyrrole nitrogens is 2. The molecule has 0 saturated heterocycles. The summed E-state index contributed by atoms with van der Waals surface area (Å²) < 4.78 is 10.9. The molecule has 1 amide bonds. The molecule has 2 aromatic carbocycles. The molecule has 2 atom stereocenters. The van der Waals surface area contributed by atoms with Crippen molar-refractivity contribution in [3.05, 3.63) is 77.5 Å². The third-order valence-electron chi connectivity index (χ3n) is 6.42. The van der Waals surface area contributed by atoms with E-state index in [2.05, 4.69) is 27.2 Å². The maximum Gasteiger partial charge on any atom is 0.326 e. The minimum atomic E-state index is -1.09. The van der Waals surface area contributed by atoms with Gasteiger partial charge in [0.05, 0.1) is 5.92 Å². The van der Waals surface area contributed by atoms with Gasteiger partial charge in [-0.1, -0.05) is 31.2 Å². The first-order valence-electron chi connectivity index (χ1n) is 12.0. The number of hydrogen-bond donors (Lipinski definition) is 4. The van der Waals surface area contributed by atoms with E-state index in [0.29, 0.717) is 23.5 Å². The van der Waals surface area contributed by atoms with Crippen molar-refractivity contribution in [1.82, 2.24) is 20.3 Å². The Morgan fingerprint density at radius 3 is 2.81 bits per heavy atom. The van der Waals surface area contributed by atoms with Crippen LogP contribution in [0.5, 0.6) is 11.5 Å². The molecule has 4 aromatic rings. The van der Waals surface area contributed by atoms with Gasteiger partial charge in [0.1, 0.15) is 11.9 Å². The Morgan fingerprint density at radius 2 is 1.97 bits per heavy atom. The molecule has 0 radical (unpaired) electrons. The van der Waals surface area contributed by atoms with Gasteiger partial charge in [-0.2, -0.15) is 0 Å². The van der Waals surface area contributed by atoms with Crippen LogP contribution in [0.4, 0.5) is 0 Å². The molecule has 2 aromatic heterocycles. The molecular weight excluding hydrogens is 460 g/mol. The third-order valence-corrected chi connectivity index (χ3v) is 6.42. The molecule has 5 rings (SSSR count). The highest BCUT2D eigenvalue weighted by molar-refractivity contribution is 5.89. The Hall–Kier alpha value is -4.27. The number of aromatic nitrogens is 3. The van der Waals surface area contributed by atoms with Gasteiger partial charge in [-0.05, 0) is 35.7 Å². The number of imidazole rings is 1. The summed E-state index contributed by atoms with van der Waals surface area (Å²) in [6.07, 6.45) is 5.78. The Bertz CT molecular complexity index is 1390. The van der Waals surface area contributed by atoms with Gasteiger partial charge in [0.2, 0.25) is 12.7 Å². The number of benzene rings is 2. The summed E-state index contributed by atoms with van der Waals surface area (Å²) in [5.74, 6) is -0.0838. The van der Waals surface area contributed by atoms with Crippen molar-refractivity contribution in [3.63, 3.8) is 0 Å². The Kier molecular flexibility index (Phi) is 6.62. The first-order valence-corrected chi connectivity index (χ1v) is 12.0. The van der Waals surface area contributed by atoms with Gasteiger partial charge in [0.15, 0.2) is 11.5 Å². The molecule has 0 bridgehead atoms. The number of nitrogens with one attached hydrogen (secondary N) is 3. The molecule has 9 nitrogen and oxygen atoms in total.